The smallest absolute Gasteiger partial charge is 0.229 e. The average Bonchev–Trinajstić information content (AvgIpc) is 2.74. The first-order chi connectivity index (χ1) is 8.85. The van der Waals surface area contributed by atoms with Crippen LogP contribution in [0.3, 0.4) is 0 Å². The van der Waals surface area contributed by atoms with Crippen molar-refractivity contribution in [1.29, 1.82) is 0 Å². The van der Waals surface area contributed by atoms with Gasteiger partial charge in [-0.25, -0.2) is 8.42 Å². The summed E-state index contributed by atoms with van der Waals surface area (Å²) in [5.74, 6) is 0.694. The van der Waals surface area contributed by atoms with Crippen molar-refractivity contribution in [3.8, 4) is 0 Å². The molecule has 0 bridgehead atoms. The average molecular weight is 279 g/mol. The molecule has 0 aliphatic rings. The molecule has 0 amide bonds. The van der Waals surface area contributed by atoms with Gasteiger partial charge >= 0.3 is 0 Å². The second-order valence-corrected chi connectivity index (χ2v) is 5.94. The Bertz CT molecular complexity index is 698. The first kappa shape index (κ1) is 13.4. The van der Waals surface area contributed by atoms with E-state index in [9.17, 15) is 13.2 Å². The van der Waals surface area contributed by atoms with Crippen LogP contribution in [0.25, 0.3) is 0 Å². The van der Waals surface area contributed by atoms with Crippen LogP contribution in [0.1, 0.15) is 21.9 Å². The van der Waals surface area contributed by atoms with Crippen LogP contribution >= 0.6 is 0 Å². The molecule has 1 heterocycles. The van der Waals surface area contributed by atoms with Crippen LogP contribution in [0.4, 0.5) is 5.69 Å². The van der Waals surface area contributed by atoms with Gasteiger partial charge < -0.3 is 4.42 Å². The molecule has 0 radical (unpaired) electrons. The first-order valence-electron chi connectivity index (χ1n) is 5.54. The summed E-state index contributed by atoms with van der Waals surface area (Å²) in [6.45, 7) is 1.76. The Balaban J connectivity index is 2.21. The van der Waals surface area contributed by atoms with Gasteiger partial charge in [-0.15, -0.1) is 0 Å². The monoisotopic (exact) mass is 279 g/mol. The zero-order valence-electron chi connectivity index (χ0n) is 10.5. The van der Waals surface area contributed by atoms with Gasteiger partial charge in [-0.2, -0.15) is 0 Å². The third-order valence-corrected chi connectivity index (χ3v) is 3.02. The SMILES string of the molecule is Cc1ccc(C(=O)c2ccc(NS(C)(=O)=O)cc2)o1. The predicted octanol–water partition coefficient (Wildman–Crippen LogP) is 2.19. The Kier molecular flexibility index (Phi) is 3.44. The van der Waals surface area contributed by atoms with Crippen molar-refractivity contribution in [3.63, 3.8) is 0 Å². The van der Waals surface area contributed by atoms with Crippen LogP contribution < -0.4 is 4.72 Å². The maximum absolute atomic E-state index is 12.0. The highest BCUT2D eigenvalue weighted by molar-refractivity contribution is 7.92. The predicted molar refractivity (Wildman–Crippen MR) is 71.8 cm³/mol. The number of furan rings is 1. The third kappa shape index (κ3) is 3.45. The summed E-state index contributed by atoms with van der Waals surface area (Å²) < 4.78 is 29.7. The van der Waals surface area contributed by atoms with Gasteiger partial charge in [0.15, 0.2) is 5.76 Å². The van der Waals surface area contributed by atoms with E-state index in [1.165, 1.54) is 12.1 Å². The van der Waals surface area contributed by atoms with Crippen LogP contribution in [-0.4, -0.2) is 20.5 Å². The molecule has 1 N–H and O–H groups in total. The number of hydrogen-bond donors (Lipinski definition) is 1. The minimum atomic E-state index is -3.31. The summed E-state index contributed by atoms with van der Waals surface area (Å²) in [5.41, 5.74) is 0.850. The maximum atomic E-state index is 12.0. The molecule has 2 rings (SSSR count). The molecule has 1 aromatic heterocycles. The molecule has 0 fully saturated rings. The van der Waals surface area contributed by atoms with Gasteiger partial charge in [0.25, 0.3) is 0 Å². The highest BCUT2D eigenvalue weighted by Gasteiger charge is 2.13. The highest BCUT2D eigenvalue weighted by Crippen LogP contribution is 2.16. The zero-order valence-corrected chi connectivity index (χ0v) is 11.3. The Morgan fingerprint density at radius 2 is 1.74 bits per heavy atom. The number of carbonyl (C=O) groups excluding carboxylic acids is 1. The largest absolute Gasteiger partial charge is 0.458 e. The topological polar surface area (TPSA) is 76.4 Å². The van der Waals surface area contributed by atoms with Gasteiger partial charge in [-0.1, -0.05) is 0 Å². The van der Waals surface area contributed by atoms with Crippen molar-refractivity contribution in [2.45, 2.75) is 6.92 Å². The molecule has 0 unspecified atom stereocenters. The van der Waals surface area contributed by atoms with E-state index in [1.54, 1.807) is 31.2 Å². The molecule has 0 saturated heterocycles. The Labute approximate surface area is 111 Å². The van der Waals surface area contributed by atoms with Crippen LogP contribution in [-0.2, 0) is 10.0 Å². The van der Waals surface area contributed by atoms with Crippen LogP contribution in [0, 0.1) is 6.92 Å². The van der Waals surface area contributed by atoms with Crippen molar-refractivity contribution in [1.82, 2.24) is 0 Å². The lowest BCUT2D eigenvalue weighted by molar-refractivity contribution is 0.101. The van der Waals surface area contributed by atoms with Crippen LogP contribution in [0.2, 0.25) is 0 Å². The number of carbonyl (C=O) groups is 1. The second kappa shape index (κ2) is 4.89. The lowest BCUT2D eigenvalue weighted by Crippen LogP contribution is -2.09. The van der Waals surface area contributed by atoms with Gasteiger partial charge in [-0.3, -0.25) is 9.52 Å². The molecule has 19 heavy (non-hydrogen) atoms. The molecular formula is C13H13NO4S. The van der Waals surface area contributed by atoms with Gasteiger partial charge in [-0.05, 0) is 43.3 Å². The summed E-state index contributed by atoms with van der Waals surface area (Å²) in [6, 6.07) is 9.49. The lowest BCUT2D eigenvalue weighted by Gasteiger charge is -2.04. The van der Waals surface area contributed by atoms with E-state index in [2.05, 4.69) is 4.72 Å². The van der Waals surface area contributed by atoms with E-state index in [4.69, 9.17) is 4.42 Å². The van der Waals surface area contributed by atoms with Gasteiger partial charge in [0.05, 0.1) is 6.26 Å². The van der Waals surface area contributed by atoms with E-state index in [1.807, 2.05) is 0 Å². The summed E-state index contributed by atoms with van der Waals surface area (Å²) in [5, 5.41) is 0. The molecule has 1 aromatic carbocycles. The molecule has 2 aromatic rings. The van der Waals surface area contributed by atoms with Crippen molar-refractivity contribution in [2.75, 3.05) is 11.0 Å². The summed E-state index contributed by atoms with van der Waals surface area (Å²) in [4.78, 5) is 12.0. The molecular weight excluding hydrogens is 266 g/mol. The highest BCUT2D eigenvalue weighted by atomic mass is 32.2. The fraction of sp³-hybridized carbons (Fsp3) is 0.154. The minimum absolute atomic E-state index is 0.237. The Morgan fingerprint density at radius 3 is 2.21 bits per heavy atom. The Hall–Kier alpha value is -2.08. The molecule has 0 aliphatic heterocycles. The summed E-state index contributed by atoms with van der Waals surface area (Å²) in [6.07, 6.45) is 1.07. The van der Waals surface area contributed by atoms with E-state index in [-0.39, 0.29) is 11.5 Å². The molecule has 0 atom stereocenters. The summed E-state index contributed by atoms with van der Waals surface area (Å²) in [7, 11) is -3.31. The summed E-state index contributed by atoms with van der Waals surface area (Å²) >= 11 is 0. The number of nitrogens with one attached hydrogen (secondary N) is 1. The van der Waals surface area contributed by atoms with Crippen molar-refractivity contribution in [2.24, 2.45) is 0 Å². The van der Waals surface area contributed by atoms with Crippen LogP contribution in [0.5, 0.6) is 0 Å². The molecule has 100 valence electrons. The number of anilines is 1. The molecule has 0 aliphatic carbocycles. The van der Waals surface area contributed by atoms with Crippen molar-refractivity contribution >= 4 is 21.5 Å². The van der Waals surface area contributed by atoms with Gasteiger partial charge in [0.2, 0.25) is 15.8 Å². The lowest BCUT2D eigenvalue weighted by atomic mass is 10.1. The third-order valence-electron chi connectivity index (χ3n) is 2.41. The number of aryl methyl sites for hydroxylation is 1. The second-order valence-electron chi connectivity index (χ2n) is 4.19. The maximum Gasteiger partial charge on any atom is 0.229 e. The molecule has 5 nitrogen and oxygen atoms in total. The quantitative estimate of drug-likeness (QED) is 0.870. The van der Waals surface area contributed by atoms with Gasteiger partial charge in [0.1, 0.15) is 5.76 Å². The first-order valence-corrected chi connectivity index (χ1v) is 7.43. The standard InChI is InChI=1S/C13H13NO4S/c1-9-3-8-12(18-9)13(15)10-4-6-11(7-5-10)14-19(2,16)17/h3-8,14H,1-2H3. The number of sulfonamides is 1. The van der Waals surface area contributed by atoms with Crippen molar-refractivity contribution < 1.29 is 17.6 Å². The zero-order chi connectivity index (χ0) is 14.0. The van der Waals surface area contributed by atoms with Crippen molar-refractivity contribution in [3.05, 3.63) is 53.5 Å². The van der Waals surface area contributed by atoms with Crippen LogP contribution in [0.15, 0.2) is 40.8 Å². The fourth-order valence-electron chi connectivity index (χ4n) is 1.60. The molecule has 6 heteroatoms. The van der Waals surface area contributed by atoms with Gasteiger partial charge in [0, 0.05) is 11.3 Å². The van der Waals surface area contributed by atoms with E-state index < -0.39 is 10.0 Å². The number of ketones is 1. The molecule has 0 saturated carbocycles. The van der Waals surface area contributed by atoms with E-state index in [0.29, 0.717) is 17.0 Å². The number of rotatable bonds is 4. The van der Waals surface area contributed by atoms with E-state index in [0.717, 1.165) is 6.26 Å². The normalized spacial score (nSPS) is 11.3. The fourth-order valence-corrected chi connectivity index (χ4v) is 2.17. The number of benzene rings is 1. The van der Waals surface area contributed by atoms with E-state index >= 15 is 0 Å². The number of hydrogen-bond acceptors (Lipinski definition) is 4. The minimum Gasteiger partial charge on any atom is -0.458 e. The Morgan fingerprint density at radius 1 is 1.11 bits per heavy atom. The molecule has 0 spiro atoms.